The summed E-state index contributed by atoms with van der Waals surface area (Å²) in [5.41, 5.74) is 1.90. The van der Waals surface area contributed by atoms with E-state index < -0.39 is 0 Å². The number of rotatable bonds is 8. The molecule has 4 rings (SSSR count). The fourth-order valence-electron chi connectivity index (χ4n) is 3.74. The molecule has 0 N–H and O–H groups in total. The van der Waals surface area contributed by atoms with E-state index in [9.17, 15) is 9.59 Å². The predicted octanol–water partition coefficient (Wildman–Crippen LogP) is 2.27. The van der Waals surface area contributed by atoms with E-state index in [1.807, 2.05) is 42.9 Å². The van der Waals surface area contributed by atoms with Gasteiger partial charge in [0.25, 0.3) is 0 Å². The summed E-state index contributed by atoms with van der Waals surface area (Å²) in [6.07, 6.45) is 7.91. The van der Waals surface area contributed by atoms with Crippen molar-refractivity contribution in [1.29, 1.82) is 0 Å². The van der Waals surface area contributed by atoms with Gasteiger partial charge < -0.3 is 14.5 Å². The summed E-state index contributed by atoms with van der Waals surface area (Å²) in [7, 11) is 1.85. The normalized spacial score (nSPS) is 16.9. The lowest BCUT2D eigenvalue weighted by Gasteiger charge is -2.24. The van der Waals surface area contributed by atoms with Gasteiger partial charge in [0.2, 0.25) is 11.8 Å². The minimum Gasteiger partial charge on any atom is -0.370 e. The standard InChI is InChI=1S/C23H27N5O3S/c1-26-12-19(11-25-26)13-27-14-20(31-17-18-4-2-8-24-10-18)15-28(16-23(27)30)22(29)7-6-21-5-3-9-32-21/h2-5,8-12,20H,6-7,13-17H2,1H3/t20-/m0/s1. The number of carbonyl (C=O) groups excluding carboxylic acids is 2. The van der Waals surface area contributed by atoms with Gasteiger partial charge in [0.05, 0.1) is 25.5 Å². The van der Waals surface area contributed by atoms with Crippen molar-refractivity contribution in [2.75, 3.05) is 19.6 Å². The molecule has 9 heteroatoms. The van der Waals surface area contributed by atoms with Crippen LogP contribution in [0, 0.1) is 0 Å². The molecule has 0 spiro atoms. The lowest BCUT2D eigenvalue weighted by molar-refractivity contribution is -0.139. The number of ether oxygens (including phenoxy) is 1. The van der Waals surface area contributed by atoms with E-state index in [1.165, 1.54) is 4.88 Å². The smallest absolute Gasteiger partial charge is 0.242 e. The number of hydrogen-bond donors (Lipinski definition) is 0. The van der Waals surface area contributed by atoms with Crippen LogP contribution in [-0.2, 0) is 40.9 Å². The van der Waals surface area contributed by atoms with Crippen LogP contribution in [0.15, 0.2) is 54.4 Å². The van der Waals surface area contributed by atoms with Gasteiger partial charge in [-0.25, -0.2) is 0 Å². The van der Waals surface area contributed by atoms with Crippen LogP contribution in [0.4, 0.5) is 0 Å². The first-order valence-electron chi connectivity index (χ1n) is 10.6. The zero-order valence-corrected chi connectivity index (χ0v) is 18.9. The minimum absolute atomic E-state index is 0.0232. The molecule has 3 aromatic heterocycles. The molecule has 1 aliphatic rings. The van der Waals surface area contributed by atoms with E-state index >= 15 is 0 Å². The Morgan fingerprint density at radius 2 is 2.12 bits per heavy atom. The summed E-state index contributed by atoms with van der Waals surface area (Å²) in [5, 5.41) is 6.20. The van der Waals surface area contributed by atoms with Crippen LogP contribution in [0.25, 0.3) is 0 Å². The maximum Gasteiger partial charge on any atom is 0.242 e. The summed E-state index contributed by atoms with van der Waals surface area (Å²) in [6.45, 7) is 1.69. The second-order valence-corrected chi connectivity index (χ2v) is 8.98. The summed E-state index contributed by atoms with van der Waals surface area (Å²) < 4.78 is 7.87. The molecule has 1 fully saturated rings. The highest BCUT2D eigenvalue weighted by atomic mass is 32.1. The van der Waals surface area contributed by atoms with E-state index in [0.29, 0.717) is 39.1 Å². The number of aryl methyl sites for hydroxylation is 2. The Kier molecular flexibility index (Phi) is 7.28. The number of aromatic nitrogens is 3. The first-order chi connectivity index (χ1) is 15.6. The highest BCUT2D eigenvalue weighted by Crippen LogP contribution is 2.16. The van der Waals surface area contributed by atoms with Gasteiger partial charge in [-0.15, -0.1) is 11.3 Å². The third-order valence-electron chi connectivity index (χ3n) is 5.39. The average Bonchev–Trinajstić information content (AvgIpc) is 3.43. The van der Waals surface area contributed by atoms with E-state index in [4.69, 9.17) is 4.74 Å². The molecule has 4 heterocycles. The molecule has 3 aromatic rings. The van der Waals surface area contributed by atoms with E-state index in [0.717, 1.165) is 11.1 Å². The van der Waals surface area contributed by atoms with E-state index in [-0.39, 0.29) is 24.5 Å². The molecule has 8 nitrogen and oxygen atoms in total. The summed E-state index contributed by atoms with van der Waals surface area (Å²) in [4.78, 5) is 34.7. The molecule has 0 aromatic carbocycles. The number of nitrogens with zero attached hydrogens (tertiary/aromatic N) is 5. The highest BCUT2D eigenvalue weighted by molar-refractivity contribution is 7.09. The zero-order valence-electron chi connectivity index (χ0n) is 18.1. The van der Waals surface area contributed by atoms with Crippen molar-refractivity contribution in [3.8, 4) is 0 Å². The van der Waals surface area contributed by atoms with Crippen LogP contribution in [0.2, 0.25) is 0 Å². The number of thiophene rings is 1. The second-order valence-electron chi connectivity index (χ2n) is 7.94. The van der Waals surface area contributed by atoms with Gasteiger partial charge in [0, 0.05) is 62.1 Å². The summed E-state index contributed by atoms with van der Waals surface area (Å²) in [5.74, 6) is -0.101. The topological polar surface area (TPSA) is 80.6 Å². The fraction of sp³-hybridized carbons (Fsp3) is 0.391. The Morgan fingerprint density at radius 1 is 1.22 bits per heavy atom. The van der Waals surface area contributed by atoms with Crippen LogP contribution in [-0.4, -0.2) is 62.1 Å². The molecule has 0 bridgehead atoms. The quantitative estimate of drug-likeness (QED) is 0.523. The van der Waals surface area contributed by atoms with E-state index in [2.05, 4.69) is 10.1 Å². The lowest BCUT2D eigenvalue weighted by Crippen LogP contribution is -2.39. The van der Waals surface area contributed by atoms with E-state index in [1.54, 1.807) is 44.4 Å². The van der Waals surface area contributed by atoms with Crippen molar-refractivity contribution in [3.05, 3.63) is 70.4 Å². The number of hydrogen-bond acceptors (Lipinski definition) is 6. The average molecular weight is 454 g/mol. The van der Waals surface area contributed by atoms with Crippen molar-refractivity contribution >= 4 is 23.2 Å². The number of amides is 2. The van der Waals surface area contributed by atoms with Gasteiger partial charge in [0.15, 0.2) is 0 Å². The molecular weight excluding hydrogens is 426 g/mol. The largest absolute Gasteiger partial charge is 0.370 e. The summed E-state index contributed by atoms with van der Waals surface area (Å²) in [6, 6.07) is 7.83. The minimum atomic E-state index is -0.288. The molecule has 0 saturated carbocycles. The number of pyridine rings is 1. The van der Waals surface area contributed by atoms with Crippen molar-refractivity contribution < 1.29 is 14.3 Å². The van der Waals surface area contributed by atoms with Crippen LogP contribution in [0.1, 0.15) is 22.4 Å². The molecule has 1 aliphatic heterocycles. The maximum absolute atomic E-state index is 13.0. The molecule has 0 unspecified atom stereocenters. The van der Waals surface area contributed by atoms with Gasteiger partial charge in [-0.05, 0) is 29.5 Å². The molecule has 1 atom stereocenters. The van der Waals surface area contributed by atoms with Crippen molar-refractivity contribution in [1.82, 2.24) is 24.6 Å². The monoisotopic (exact) mass is 453 g/mol. The fourth-order valence-corrected chi connectivity index (χ4v) is 4.45. The molecular formula is C23H27N5O3S. The van der Waals surface area contributed by atoms with Crippen molar-refractivity contribution in [2.24, 2.45) is 7.05 Å². The SMILES string of the molecule is Cn1cc(CN2C[C@H](OCc3cccnc3)CN(C(=O)CCc3cccs3)CC2=O)cn1. The van der Waals surface area contributed by atoms with Gasteiger partial charge in [-0.1, -0.05) is 12.1 Å². The van der Waals surface area contributed by atoms with Crippen LogP contribution >= 0.6 is 11.3 Å². The Hall–Kier alpha value is -3.04. The first kappa shape index (κ1) is 22.2. The second kappa shape index (κ2) is 10.5. The Bertz CT molecular complexity index is 1020. The first-order valence-corrected chi connectivity index (χ1v) is 11.5. The molecule has 0 radical (unpaired) electrons. The van der Waals surface area contributed by atoms with Crippen LogP contribution < -0.4 is 0 Å². The molecule has 1 saturated heterocycles. The summed E-state index contributed by atoms with van der Waals surface area (Å²) >= 11 is 1.64. The predicted molar refractivity (Wildman–Crippen MR) is 121 cm³/mol. The molecule has 0 aliphatic carbocycles. The Morgan fingerprint density at radius 3 is 2.84 bits per heavy atom. The molecule has 168 valence electrons. The van der Waals surface area contributed by atoms with Crippen molar-refractivity contribution in [3.63, 3.8) is 0 Å². The van der Waals surface area contributed by atoms with Crippen LogP contribution in [0.5, 0.6) is 0 Å². The van der Waals surface area contributed by atoms with Gasteiger partial charge >= 0.3 is 0 Å². The van der Waals surface area contributed by atoms with Gasteiger partial charge in [-0.3, -0.25) is 19.3 Å². The zero-order chi connectivity index (χ0) is 22.3. The van der Waals surface area contributed by atoms with Crippen LogP contribution in [0.3, 0.4) is 0 Å². The molecule has 2 amide bonds. The van der Waals surface area contributed by atoms with Gasteiger partial charge in [-0.2, -0.15) is 5.10 Å². The Labute approximate surface area is 191 Å². The Balaban J connectivity index is 1.45. The lowest BCUT2D eigenvalue weighted by atomic mass is 10.2. The van der Waals surface area contributed by atoms with Gasteiger partial charge in [0.1, 0.15) is 0 Å². The third-order valence-corrected chi connectivity index (χ3v) is 6.32. The molecule has 32 heavy (non-hydrogen) atoms. The highest BCUT2D eigenvalue weighted by Gasteiger charge is 2.31. The maximum atomic E-state index is 13.0. The third kappa shape index (κ3) is 6.02. The number of carbonyl (C=O) groups is 2. The van der Waals surface area contributed by atoms with Crippen molar-refractivity contribution in [2.45, 2.75) is 32.1 Å².